The van der Waals surface area contributed by atoms with Crippen molar-refractivity contribution >= 4 is 122 Å². The number of benzene rings is 7. The van der Waals surface area contributed by atoms with Crippen molar-refractivity contribution in [1.29, 1.82) is 0 Å². The topological polar surface area (TPSA) is 145 Å². The van der Waals surface area contributed by atoms with Crippen LogP contribution in [-0.2, 0) is 19.3 Å². The lowest BCUT2D eigenvalue weighted by Crippen LogP contribution is -2.36. The molecule has 0 unspecified atom stereocenters. The summed E-state index contributed by atoms with van der Waals surface area (Å²) >= 11 is 38.5. The van der Waals surface area contributed by atoms with Gasteiger partial charge in [0.1, 0.15) is 17.5 Å². The maximum atomic E-state index is 13.7. The van der Waals surface area contributed by atoms with Gasteiger partial charge in [-0.3, -0.25) is 19.4 Å². The van der Waals surface area contributed by atoms with Crippen LogP contribution in [0, 0.1) is 17.5 Å². The van der Waals surface area contributed by atoms with Crippen LogP contribution in [0.5, 0.6) is 0 Å². The third-order valence-electron chi connectivity index (χ3n) is 20.4. The van der Waals surface area contributed by atoms with Crippen LogP contribution in [0.25, 0.3) is 52.0 Å². The summed E-state index contributed by atoms with van der Waals surface area (Å²) in [6.45, 7) is 5.39. The Labute approximate surface area is 675 Å². The lowest BCUT2D eigenvalue weighted by atomic mass is 9.91. The molecule has 3 amide bonds. The first-order chi connectivity index (χ1) is 53.8. The molecule has 111 heavy (non-hydrogen) atoms. The first-order valence-electron chi connectivity index (χ1n) is 37.8. The fraction of sp³-hybridized carbons (Fsp3) is 0.270. The molecule has 0 saturated carbocycles. The number of fused-ring (bicyclic) bond motifs is 3. The van der Waals surface area contributed by atoms with Gasteiger partial charge in [0, 0.05) is 51.0 Å². The van der Waals surface area contributed by atoms with Gasteiger partial charge in [0.2, 0.25) is 0 Å². The summed E-state index contributed by atoms with van der Waals surface area (Å²) in [5, 5.41) is 23.7. The number of nitrogens with one attached hydrogen (secondary N) is 2. The van der Waals surface area contributed by atoms with E-state index in [0.717, 1.165) is 194 Å². The quantitative estimate of drug-likeness (QED) is 0.117. The zero-order valence-electron chi connectivity index (χ0n) is 61.6. The molecule has 0 radical (unpaired) electrons. The van der Waals surface area contributed by atoms with Crippen molar-refractivity contribution in [2.45, 2.75) is 142 Å². The molecule has 5 heterocycles. The highest BCUT2D eigenvalue weighted by molar-refractivity contribution is 6.37. The Hall–Kier alpha value is -9.52. The minimum Gasteiger partial charge on any atom is -0.344 e. The molecule has 1 fully saturated rings. The average molecular weight is 1610 g/mol. The third-order valence-corrected chi connectivity index (χ3v) is 22.0. The first kappa shape index (κ1) is 79.6. The molecule has 4 aliphatic rings. The Morgan fingerprint density at radius 1 is 0.396 bits per heavy atom. The van der Waals surface area contributed by atoms with Gasteiger partial charge >= 0.3 is 0 Å². The lowest BCUT2D eigenvalue weighted by Gasteiger charge is -2.26. The van der Waals surface area contributed by atoms with Gasteiger partial charge in [-0.25, -0.2) is 27.2 Å². The second-order valence-electron chi connectivity index (χ2n) is 28.3. The molecule has 1 aliphatic heterocycles. The lowest BCUT2D eigenvalue weighted by molar-refractivity contribution is 0.0716. The number of hydrogen-bond acceptors (Lipinski definition) is 7. The molecule has 570 valence electrons. The van der Waals surface area contributed by atoms with Crippen LogP contribution in [-0.4, -0.2) is 70.0 Å². The van der Waals surface area contributed by atoms with Crippen LogP contribution in [0.4, 0.5) is 13.2 Å². The Morgan fingerprint density at radius 2 is 0.748 bits per heavy atom. The second kappa shape index (κ2) is 37.2. The van der Waals surface area contributed by atoms with E-state index >= 15 is 0 Å². The van der Waals surface area contributed by atoms with Crippen molar-refractivity contribution < 1.29 is 27.6 Å². The van der Waals surface area contributed by atoms with E-state index in [2.05, 4.69) is 27.8 Å². The monoisotopic (exact) mass is 1610 g/mol. The number of carbonyl (C=O) groups excluding carboxylic acids is 3. The van der Waals surface area contributed by atoms with Crippen molar-refractivity contribution in [3.05, 3.63) is 309 Å². The summed E-state index contributed by atoms with van der Waals surface area (Å²) < 4.78 is 46.1. The molecular formula is C89H83Cl6F3N10O3. The highest BCUT2D eigenvalue weighted by Crippen LogP contribution is 2.41. The molecule has 22 heteroatoms. The summed E-state index contributed by atoms with van der Waals surface area (Å²) in [5.74, 6) is -1.35. The Balaban J connectivity index is 0.000000146. The van der Waals surface area contributed by atoms with Gasteiger partial charge in [-0.15, -0.1) is 0 Å². The van der Waals surface area contributed by atoms with E-state index in [4.69, 9.17) is 84.9 Å². The number of nitrogens with zero attached hydrogens (tertiary/aromatic N) is 8. The van der Waals surface area contributed by atoms with Crippen LogP contribution in [0.15, 0.2) is 182 Å². The number of rotatable bonds is 13. The van der Waals surface area contributed by atoms with Gasteiger partial charge in [0.05, 0.1) is 67.0 Å². The molecule has 2 N–H and O–H groups in total. The summed E-state index contributed by atoms with van der Waals surface area (Å²) in [4.78, 5) is 47.3. The van der Waals surface area contributed by atoms with Crippen LogP contribution in [0.2, 0.25) is 30.1 Å². The third kappa shape index (κ3) is 19.5. The highest BCUT2D eigenvalue weighted by atomic mass is 35.5. The average Bonchev–Trinajstić information content (AvgIpc) is 1.62. The molecule has 15 rings (SSSR count). The highest BCUT2D eigenvalue weighted by Gasteiger charge is 2.34. The van der Waals surface area contributed by atoms with E-state index in [0.29, 0.717) is 77.1 Å². The molecule has 7 aromatic carbocycles. The van der Waals surface area contributed by atoms with Crippen LogP contribution in [0.3, 0.4) is 0 Å². The normalized spacial score (nSPS) is 16.1. The maximum absolute atomic E-state index is 13.7. The number of hydrogen-bond donors (Lipinski definition) is 2. The molecule has 11 aromatic rings. The van der Waals surface area contributed by atoms with Crippen molar-refractivity contribution in [3.63, 3.8) is 0 Å². The number of carbonyl (C=O) groups is 3. The number of allylic oxidation sites excluding steroid dienone is 3. The zero-order valence-corrected chi connectivity index (χ0v) is 66.1. The Morgan fingerprint density at radius 3 is 1.13 bits per heavy atom. The van der Waals surface area contributed by atoms with Crippen LogP contribution < -0.4 is 10.6 Å². The molecule has 2 atom stereocenters. The zero-order chi connectivity index (χ0) is 77.7. The van der Waals surface area contributed by atoms with Crippen LogP contribution in [0.1, 0.15) is 215 Å². The predicted molar refractivity (Wildman–Crippen MR) is 442 cm³/mol. The largest absolute Gasteiger partial charge is 0.344 e. The van der Waals surface area contributed by atoms with Gasteiger partial charge in [0.25, 0.3) is 17.7 Å². The smallest absolute Gasteiger partial charge is 0.274 e. The molecule has 0 bridgehead atoms. The van der Waals surface area contributed by atoms with Crippen molar-refractivity contribution in [2.75, 3.05) is 13.1 Å². The maximum Gasteiger partial charge on any atom is 0.274 e. The number of aromatic nitrogens is 7. The van der Waals surface area contributed by atoms with Gasteiger partial charge in [0.15, 0.2) is 17.1 Å². The number of amides is 3. The number of piperidine rings is 1. The molecule has 3 aliphatic carbocycles. The van der Waals surface area contributed by atoms with E-state index in [1.54, 1.807) is 88.4 Å². The van der Waals surface area contributed by atoms with Crippen LogP contribution >= 0.6 is 69.6 Å². The SMILES string of the molecule is C[C@@H](NC(=O)c1nn(-c2ccc(Cl)cc2Cl)c2c1CCCCC/C2=C\c1ccc(F)cc1)c1ccccn1.C[C@H](NC(=O)c1nn(-c2ccc(Cl)cc2Cl)c2c1CCCCC/C2=C\c1ccc(F)cc1)c1ccccc1.O=C(c1nn(-c2ccc(Cl)cc2Cl)c2c1CCCCC/C2=C\c1ccc(F)cc1)N1CCCCC1. The van der Waals surface area contributed by atoms with Crippen molar-refractivity contribution in [2.24, 2.45) is 0 Å². The van der Waals surface area contributed by atoms with E-state index in [9.17, 15) is 27.6 Å². The summed E-state index contributed by atoms with van der Waals surface area (Å²) in [6, 6.07) is 50.1. The molecular weight excluding hydrogens is 1530 g/mol. The minimum absolute atomic E-state index is 0.00788. The second-order valence-corrected chi connectivity index (χ2v) is 30.8. The fourth-order valence-corrected chi connectivity index (χ4v) is 16.3. The van der Waals surface area contributed by atoms with Gasteiger partial charge in [-0.05, 0) is 270 Å². The van der Waals surface area contributed by atoms with E-state index in [1.807, 2.05) is 96.2 Å². The summed E-state index contributed by atoms with van der Waals surface area (Å²) in [5.41, 5.74) is 16.1. The Kier molecular flexibility index (Phi) is 26.7. The minimum atomic E-state index is -0.300. The van der Waals surface area contributed by atoms with Gasteiger partial charge in [-0.2, -0.15) is 15.3 Å². The molecule has 1 saturated heterocycles. The first-order valence-corrected chi connectivity index (χ1v) is 40.1. The predicted octanol–water partition coefficient (Wildman–Crippen LogP) is 23.9. The summed E-state index contributed by atoms with van der Waals surface area (Å²) in [7, 11) is 0. The van der Waals surface area contributed by atoms with Crippen molar-refractivity contribution in [1.82, 2.24) is 49.9 Å². The standard InChI is InChI=1S/C31H28Cl2FN3O.C30H27Cl2FN4O.C28H28Cl2FN3O/c1-20(22-8-4-2-5-9-22)35-31(38)29-26-11-7-3-6-10-23(18-21-12-15-25(34)16-13-21)30(26)37(36-29)28-17-14-24(32)19-27(28)33;1-19(26-9-5-6-16-34-26)35-30(38)28-24-8-4-2-3-7-21(17-20-10-13-23(33)14-11-20)29(24)37(36-28)27-15-12-22(31)18-25(27)32;29-21-11-14-25(24(30)18-21)34-27-20(17-19-9-12-22(31)13-10-19)7-3-1-4-8-23(27)26(32-34)28(35)33-15-5-2-6-16-33/h2,4-5,8-9,12-20H,3,6-7,10-11H2,1H3,(H,35,38);5-6,9-19H,2-4,7-8H2,1H3,(H,35,38);9-14,17-18H,1-8,15-16H2/b23-18+;21-17+;20-17+/t20-;19-;/m01./s1. The molecule has 13 nitrogen and oxygen atoms in total. The van der Waals surface area contributed by atoms with E-state index in [-0.39, 0.29) is 47.3 Å². The van der Waals surface area contributed by atoms with Crippen molar-refractivity contribution in [3.8, 4) is 17.1 Å². The molecule has 0 spiro atoms. The van der Waals surface area contributed by atoms with Gasteiger partial charge < -0.3 is 15.5 Å². The molecule has 4 aromatic heterocycles. The fourth-order valence-electron chi connectivity index (χ4n) is 14.8. The number of halogens is 9. The number of pyridine rings is 1. The van der Waals surface area contributed by atoms with E-state index < -0.39 is 0 Å². The van der Waals surface area contributed by atoms with E-state index in [1.165, 1.54) is 36.4 Å². The summed E-state index contributed by atoms with van der Waals surface area (Å²) in [6.07, 6.45) is 24.7. The number of likely N-dealkylation sites (tertiary alicyclic amines) is 1. The van der Waals surface area contributed by atoms with Gasteiger partial charge in [-0.1, -0.05) is 162 Å². The Bertz CT molecular complexity index is 5020.